The van der Waals surface area contributed by atoms with Gasteiger partial charge in [0.15, 0.2) is 11.7 Å². The molecule has 3 aromatic rings. The molecule has 6 heteroatoms. The Labute approximate surface area is 238 Å². The topological polar surface area (TPSA) is 52.8 Å². The third-order valence-corrected chi connectivity index (χ3v) is 8.18. The Morgan fingerprint density at radius 2 is 1.18 bits per heavy atom. The number of ether oxygens (including phenoxy) is 1. The molecule has 40 heavy (non-hydrogen) atoms. The minimum atomic E-state index is 0.310. The van der Waals surface area contributed by atoms with Gasteiger partial charge in [-0.1, -0.05) is 74.9 Å². The van der Waals surface area contributed by atoms with E-state index in [1.807, 2.05) is 48.5 Å². The van der Waals surface area contributed by atoms with E-state index < -0.39 is 0 Å². The van der Waals surface area contributed by atoms with E-state index in [4.69, 9.17) is 19.7 Å². The molecule has 0 amide bonds. The van der Waals surface area contributed by atoms with Crippen LogP contribution in [0.5, 0.6) is 5.75 Å². The van der Waals surface area contributed by atoms with Gasteiger partial charge in [-0.3, -0.25) is 9.80 Å². The Balaban J connectivity index is 1.58. The molecule has 0 unspecified atom stereocenters. The van der Waals surface area contributed by atoms with E-state index in [9.17, 15) is 0 Å². The second-order valence-corrected chi connectivity index (χ2v) is 11.0. The summed E-state index contributed by atoms with van der Waals surface area (Å²) in [4.78, 5) is 20.8. The molecule has 0 spiro atoms. The highest BCUT2D eigenvalue weighted by molar-refractivity contribution is 6.57. The van der Waals surface area contributed by atoms with E-state index in [1.165, 1.54) is 38.5 Å². The van der Waals surface area contributed by atoms with Gasteiger partial charge in [0, 0.05) is 6.04 Å². The number of hydrogen-bond acceptors (Lipinski definition) is 4. The van der Waals surface area contributed by atoms with Crippen LogP contribution in [0.15, 0.2) is 99.9 Å². The molecule has 3 aliphatic rings. The molecular formula is C34H39N5O. The fraction of sp³-hybridized carbons (Fsp3) is 0.382. The standard InChI is InChI=1S/C34H39N5O/c1-40-31-24-22-30(23-25-31)39-33(36-27-16-8-3-9-17-27)32(35-26-14-6-2-7-15-26)38(29-20-12-5-13-21-29)34(39)37-28-18-10-4-11-19-28/h2-3,6-9,14-17,22-25,28-29H,4-5,10-13,18-21H2,1H3. The lowest BCUT2D eigenvalue weighted by atomic mass is 9.94. The number of rotatable bonds is 6. The molecule has 3 fully saturated rings. The minimum absolute atomic E-state index is 0.310. The molecule has 1 saturated heterocycles. The summed E-state index contributed by atoms with van der Waals surface area (Å²) < 4.78 is 5.51. The number of amidine groups is 2. The van der Waals surface area contributed by atoms with Crippen LogP contribution >= 0.6 is 0 Å². The largest absolute Gasteiger partial charge is 0.497 e. The number of hydrogen-bond donors (Lipinski definition) is 0. The van der Waals surface area contributed by atoms with Gasteiger partial charge in [0.05, 0.1) is 30.2 Å². The quantitative estimate of drug-likeness (QED) is 0.320. The summed E-state index contributed by atoms with van der Waals surface area (Å²) in [5.41, 5.74) is 2.84. The van der Waals surface area contributed by atoms with Crippen molar-refractivity contribution >= 4 is 34.7 Å². The maximum Gasteiger partial charge on any atom is 0.213 e. The first-order chi connectivity index (χ1) is 19.8. The summed E-state index contributed by atoms with van der Waals surface area (Å²) in [6.07, 6.45) is 12.1. The zero-order valence-corrected chi connectivity index (χ0v) is 23.5. The molecule has 1 heterocycles. The van der Waals surface area contributed by atoms with Gasteiger partial charge < -0.3 is 4.74 Å². The average molecular weight is 534 g/mol. The number of guanidine groups is 1. The van der Waals surface area contributed by atoms with Gasteiger partial charge in [-0.2, -0.15) is 0 Å². The molecular weight excluding hydrogens is 494 g/mol. The highest BCUT2D eigenvalue weighted by atomic mass is 16.5. The van der Waals surface area contributed by atoms with Crippen LogP contribution in [0.2, 0.25) is 0 Å². The van der Waals surface area contributed by atoms with E-state index in [0.717, 1.165) is 66.1 Å². The van der Waals surface area contributed by atoms with Crippen molar-refractivity contribution in [3.8, 4) is 5.75 Å². The van der Waals surface area contributed by atoms with Gasteiger partial charge in [-0.05, 0) is 74.2 Å². The van der Waals surface area contributed by atoms with Crippen molar-refractivity contribution in [2.45, 2.75) is 76.3 Å². The maximum atomic E-state index is 5.55. The van der Waals surface area contributed by atoms with Crippen LogP contribution in [0.3, 0.4) is 0 Å². The molecule has 6 nitrogen and oxygen atoms in total. The molecule has 0 bridgehead atoms. The number of nitrogens with zero attached hydrogens (tertiary/aromatic N) is 5. The third kappa shape index (κ3) is 5.81. The predicted octanol–water partition coefficient (Wildman–Crippen LogP) is 8.30. The Kier molecular flexibility index (Phi) is 8.22. The fourth-order valence-corrected chi connectivity index (χ4v) is 6.10. The Bertz CT molecular complexity index is 1340. The highest BCUT2D eigenvalue weighted by Gasteiger charge is 2.44. The van der Waals surface area contributed by atoms with Crippen molar-refractivity contribution in [3.63, 3.8) is 0 Å². The molecule has 0 radical (unpaired) electrons. The molecule has 2 saturated carbocycles. The highest BCUT2D eigenvalue weighted by Crippen LogP contribution is 2.35. The van der Waals surface area contributed by atoms with Crippen LogP contribution in [-0.4, -0.2) is 41.7 Å². The number of aliphatic imine (C=N–C) groups is 3. The van der Waals surface area contributed by atoms with Gasteiger partial charge >= 0.3 is 0 Å². The molecule has 0 N–H and O–H groups in total. The lowest BCUT2D eigenvalue weighted by Crippen LogP contribution is -2.44. The van der Waals surface area contributed by atoms with E-state index in [2.05, 4.69) is 46.2 Å². The first-order valence-electron chi connectivity index (χ1n) is 14.9. The minimum Gasteiger partial charge on any atom is -0.497 e. The van der Waals surface area contributed by atoms with E-state index in [-0.39, 0.29) is 0 Å². The third-order valence-electron chi connectivity index (χ3n) is 8.18. The molecule has 1 aliphatic heterocycles. The first kappa shape index (κ1) is 26.3. The summed E-state index contributed by atoms with van der Waals surface area (Å²) in [7, 11) is 1.71. The van der Waals surface area contributed by atoms with Gasteiger partial charge in [-0.25, -0.2) is 15.0 Å². The SMILES string of the molecule is COc1ccc(N2C(=Nc3ccccc3)C(=Nc3ccccc3)N(C3CCCCC3)C2=NC2CCCCC2)cc1. The summed E-state index contributed by atoms with van der Waals surface area (Å²) in [5, 5.41) is 0. The van der Waals surface area contributed by atoms with Gasteiger partial charge in [0.1, 0.15) is 5.75 Å². The van der Waals surface area contributed by atoms with Gasteiger partial charge in [-0.15, -0.1) is 0 Å². The first-order valence-corrected chi connectivity index (χ1v) is 14.9. The van der Waals surface area contributed by atoms with Crippen LogP contribution in [0.4, 0.5) is 17.1 Å². The van der Waals surface area contributed by atoms with Gasteiger partial charge in [0.25, 0.3) is 0 Å². The lowest BCUT2D eigenvalue weighted by Gasteiger charge is -2.33. The number of para-hydroxylation sites is 2. The lowest BCUT2D eigenvalue weighted by molar-refractivity contribution is 0.321. The number of benzene rings is 3. The summed E-state index contributed by atoms with van der Waals surface area (Å²) in [5.74, 6) is 3.50. The second kappa shape index (κ2) is 12.5. The van der Waals surface area contributed by atoms with Gasteiger partial charge in [0.2, 0.25) is 5.96 Å². The van der Waals surface area contributed by atoms with Crippen LogP contribution in [0.1, 0.15) is 64.2 Å². The summed E-state index contributed by atoms with van der Waals surface area (Å²) in [6, 6.07) is 29.4. The number of methoxy groups -OCH3 is 1. The normalized spacial score (nSPS) is 22.0. The van der Waals surface area contributed by atoms with E-state index in [0.29, 0.717) is 12.1 Å². The summed E-state index contributed by atoms with van der Waals surface area (Å²) >= 11 is 0. The monoisotopic (exact) mass is 533 g/mol. The molecule has 206 valence electrons. The van der Waals surface area contributed by atoms with Crippen molar-refractivity contribution in [1.29, 1.82) is 0 Å². The van der Waals surface area contributed by atoms with E-state index >= 15 is 0 Å². The Hall–Kier alpha value is -3.93. The van der Waals surface area contributed by atoms with Crippen molar-refractivity contribution in [2.24, 2.45) is 15.0 Å². The van der Waals surface area contributed by atoms with Crippen molar-refractivity contribution in [2.75, 3.05) is 12.0 Å². The fourth-order valence-electron chi connectivity index (χ4n) is 6.10. The molecule has 2 aliphatic carbocycles. The molecule has 6 rings (SSSR count). The Morgan fingerprint density at radius 1 is 0.625 bits per heavy atom. The molecule has 0 atom stereocenters. The zero-order chi connectivity index (χ0) is 27.1. The van der Waals surface area contributed by atoms with Crippen molar-refractivity contribution < 1.29 is 4.74 Å². The zero-order valence-electron chi connectivity index (χ0n) is 23.5. The van der Waals surface area contributed by atoms with Crippen molar-refractivity contribution in [1.82, 2.24) is 4.90 Å². The van der Waals surface area contributed by atoms with Crippen molar-refractivity contribution in [3.05, 3.63) is 84.9 Å². The van der Waals surface area contributed by atoms with Crippen LogP contribution in [0.25, 0.3) is 0 Å². The molecule has 0 aromatic heterocycles. The van der Waals surface area contributed by atoms with Crippen LogP contribution in [-0.2, 0) is 0 Å². The predicted molar refractivity (Wildman–Crippen MR) is 166 cm³/mol. The van der Waals surface area contributed by atoms with E-state index in [1.54, 1.807) is 7.11 Å². The average Bonchev–Trinajstić information content (AvgIpc) is 3.30. The van der Waals surface area contributed by atoms with Crippen LogP contribution < -0.4 is 9.64 Å². The second-order valence-electron chi connectivity index (χ2n) is 11.0. The number of anilines is 1. The smallest absolute Gasteiger partial charge is 0.213 e. The summed E-state index contributed by atoms with van der Waals surface area (Å²) in [6.45, 7) is 0. The maximum absolute atomic E-state index is 5.55. The van der Waals surface area contributed by atoms with Crippen LogP contribution in [0, 0.1) is 0 Å². The Morgan fingerprint density at radius 3 is 1.75 bits per heavy atom. The molecule has 3 aromatic carbocycles.